The van der Waals surface area contributed by atoms with Crippen LogP contribution in [0.3, 0.4) is 0 Å². The van der Waals surface area contributed by atoms with Crippen molar-refractivity contribution in [3.05, 3.63) is 72.1 Å². The SMILES string of the molecule is c1ccc(-n2cc(CN3CCN(Cc4ccc5c(c4)OCO5)CC3)cn2)cc1. The highest BCUT2D eigenvalue weighted by Crippen LogP contribution is 2.32. The number of nitrogens with zero attached hydrogens (tertiary/aromatic N) is 4. The molecule has 1 saturated heterocycles. The Morgan fingerprint density at radius 3 is 2.29 bits per heavy atom. The number of ether oxygens (including phenoxy) is 2. The molecule has 0 aliphatic carbocycles. The van der Waals surface area contributed by atoms with Gasteiger partial charge in [0.25, 0.3) is 0 Å². The summed E-state index contributed by atoms with van der Waals surface area (Å²) in [6.07, 6.45) is 4.11. The molecule has 0 bridgehead atoms. The Kier molecular flexibility index (Phi) is 4.72. The average Bonchev–Trinajstić information content (AvgIpc) is 3.39. The highest BCUT2D eigenvalue weighted by Gasteiger charge is 2.19. The Morgan fingerprint density at radius 2 is 1.50 bits per heavy atom. The fraction of sp³-hybridized carbons (Fsp3) is 0.318. The lowest BCUT2D eigenvalue weighted by atomic mass is 10.1. The van der Waals surface area contributed by atoms with E-state index in [4.69, 9.17) is 9.47 Å². The third-order valence-electron chi connectivity index (χ3n) is 5.37. The van der Waals surface area contributed by atoms with Crippen molar-refractivity contribution in [3.63, 3.8) is 0 Å². The number of rotatable bonds is 5. The summed E-state index contributed by atoms with van der Waals surface area (Å²) in [4.78, 5) is 5.00. The first kappa shape index (κ1) is 17.3. The maximum absolute atomic E-state index is 5.49. The first-order chi connectivity index (χ1) is 13.8. The van der Waals surface area contributed by atoms with Crippen LogP contribution in [-0.4, -0.2) is 52.6 Å². The molecule has 6 heteroatoms. The van der Waals surface area contributed by atoms with Crippen LogP contribution in [0.2, 0.25) is 0 Å². The van der Waals surface area contributed by atoms with Crippen molar-refractivity contribution >= 4 is 0 Å². The molecule has 28 heavy (non-hydrogen) atoms. The van der Waals surface area contributed by atoms with Gasteiger partial charge in [0.2, 0.25) is 6.79 Å². The van der Waals surface area contributed by atoms with Crippen molar-refractivity contribution in [1.29, 1.82) is 0 Å². The second-order valence-corrected chi connectivity index (χ2v) is 7.37. The average molecular weight is 376 g/mol. The van der Waals surface area contributed by atoms with Gasteiger partial charge in [-0.3, -0.25) is 9.80 Å². The molecule has 0 saturated carbocycles. The van der Waals surface area contributed by atoms with Crippen molar-refractivity contribution in [3.8, 4) is 17.2 Å². The first-order valence-corrected chi connectivity index (χ1v) is 9.76. The van der Waals surface area contributed by atoms with E-state index >= 15 is 0 Å². The van der Waals surface area contributed by atoms with Crippen LogP contribution >= 0.6 is 0 Å². The minimum absolute atomic E-state index is 0.332. The molecular weight excluding hydrogens is 352 g/mol. The van der Waals surface area contributed by atoms with Gasteiger partial charge in [-0.25, -0.2) is 4.68 Å². The predicted molar refractivity (Wildman–Crippen MR) is 107 cm³/mol. The van der Waals surface area contributed by atoms with Gasteiger partial charge in [0.05, 0.1) is 11.9 Å². The third kappa shape index (κ3) is 3.74. The van der Waals surface area contributed by atoms with Gasteiger partial charge in [-0.2, -0.15) is 5.10 Å². The zero-order chi connectivity index (χ0) is 18.8. The summed E-state index contributed by atoms with van der Waals surface area (Å²) >= 11 is 0. The van der Waals surface area contributed by atoms with E-state index in [9.17, 15) is 0 Å². The second kappa shape index (κ2) is 7.66. The zero-order valence-electron chi connectivity index (χ0n) is 15.8. The van der Waals surface area contributed by atoms with Gasteiger partial charge in [-0.1, -0.05) is 24.3 Å². The summed E-state index contributed by atoms with van der Waals surface area (Å²) in [7, 11) is 0. The summed E-state index contributed by atoms with van der Waals surface area (Å²) in [5.74, 6) is 1.72. The smallest absolute Gasteiger partial charge is 0.231 e. The van der Waals surface area contributed by atoms with E-state index in [1.807, 2.05) is 35.1 Å². The zero-order valence-corrected chi connectivity index (χ0v) is 15.8. The standard InChI is InChI=1S/C22H24N4O2/c1-2-4-20(5-3-1)26-16-19(13-23-26)15-25-10-8-24(9-11-25)14-18-6-7-21-22(12-18)28-17-27-21/h1-7,12-13,16H,8-11,14-15,17H2. The summed E-state index contributed by atoms with van der Waals surface area (Å²) < 4.78 is 12.8. The van der Waals surface area contributed by atoms with Crippen LogP contribution < -0.4 is 9.47 Å². The van der Waals surface area contributed by atoms with Crippen molar-refractivity contribution in [2.45, 2.75) is 13.1 Å². The Balaban J connectivity index is 1.14. The molecule has 3 aromatic rings. The molecule has 0 spiro atoms. The number of aromatic nitrogens is 2. The number of benzene rings is 2. The largest absolute Gasteiger partial charge is 0.454 e. The van der Waals surface area contributed by atoms with Gasteiger partial charge in [0.15, 0.2) is 11.5 Å². The summed E-state index contributed by atoms with van der Waals surface area (Å²) in [6.45, 7) is 6.52. The Bertz CT molecular complexity index is 933. The molecule has 5 rings (SSSR count). The molecule has 3 heterocycles. The van der Waals surface area contributed by atoms with E-state index < -0.39 is 0 Å². The molecule has 0 N–H and O–H groups in total. The van der Waals surface area contributed by atoms with Crippen molar-refractivity contribution in [2.24, 2.45) is 0 Å². The number of piperazine rings is 1. The molecule has 0 amide bonds. The van der Waals surface area contributed by atoms with Crippen molar-refractivity contribution < 1.29 is 9.47 Å². The molecule has 2 aliphatic rings. The molecule has 0 unspecified atom stereocenters. The van der Waals surface area contributed by atoms with Crippen LogP contribution in [0.15, 0.2) is 60.9 Å². The summed E-state index contributed by atoms with van der Waals surface area (Å²) in [5, 5.41) is 4.51. The Morgan fingerprint density at radius 1 is 0.786 bits per heavy atom. The van der Waals surface area contributed by atoms with Crippen LogP contribution in [0.25, 0.3) is 5.69 Å². The van der Waals surface area contributed by atoms with E-state index in [-0.39, 0.29) is 0 Å². The van der Waals surface area contributed by atoms with Gasteiger partial charge < -0.3 is 9.47 Å². The van der Waals surface area contributed by atoms with Gasteiger partial charge in [-0.05, 0) is 29.8 Å². The van der Waals surface area contributed by atoms with Gasteiger partial charge in [0, 0.05) is 51.0 Å². The van der Waals surface area contributed by atoms with E-state index in [0.717, 1.165) is 56.5 Å². The second-order valence-electron chi connectivity index (χ2n) is 7.37. The van der Waals surface area contributed by atoms with Gasteiger partial charge in [0.1, 0.15) is 0 Å². The van der Waals surface area contributed by atoms with E-state index in [1.54, 1.807) is 0 Å². The number of hydrogen-bond acceptors (Lipinski definition) is 5. The molecule has 0 radical (unpaired) electrons. The van der Waals surface area contributed by atoms with E-state index in [2.05, 4.69) is 45.4 Å². The first-order valence-electron chi connectivity index (χ1n) is 9.76. The van der Waals surface area contributed by atoms with Gasteiger partial charge in [-0.15, -0.1) is 0 Å². The van der Waals surface area contributed by atoms with Crippen LogP contribution in [0, 0.1) is 0 Å². The Hall–Kier alpha value is -2.83. The lowest BCUT2D eigenvalue weighted by Crippen LogP contribution is -2.45. The fourth-order valence-electron chi connectivity index (χ4n) is 3.82. The predicted octanol–water partition coefficient (Wildman–Crippen LogP) is 2.92. The maximum atomic E-state index is 5.49. The van der Waals surface area contributed by atoms with Crippen LogP contribution in [0.1, 0.15) is 11.1 Å². The fourth-order valence-corrected chi connectivity index (χ4v) is 3.82. The number of hydrogen-bond donors (Lipinski definition) is 0. The molecule has 0 atom stereocenters. The third-order valence-corrected chi connectivity index (χ3v) is 5.37. The Labute approximate surface area is 164 Å². The molecule has 2 aliphatic heterocycles. The van der Waals surface area contributed by atoms with Gasteiger partial charge >= 0.3 is 0 Å². The van der Waals surface area contributed by atoms with Crippen molar-refractivity contribution in [2.75, 3.05) is 33.0 Å². The minimum Gasteiger partial charge on any atom is -0.454 e. The number of para-hydroxylation sites is 1. The normalized spacial score (nSPS) is 17.1. The van der Waals surface area contributed by atoms with E-state index in [0.29, 0.717) is 6.79 Å². The molecule has 1 fully saturated rings. The van der Waals surface area contributed by atoms with Crippen LogP contribution in [-0.2, 0) is 13.1 Å². The highest BCUT2D eigenvalue weighted by molar-refractivity contribution is 5.44. The summed E-state index contributed by atoms with van der Waals surface area (Å²) in [6, 6.07) is 16.5. The summed E-state index contributed by atoms with van der Waals surface area (Å²) in [5.41, 5.74) is 3.64. The maximum Gasteiger partial charge on any atom is 0.231 e. The highest BCUT2D eigenvalue weighted by atomic mass is 16.7. The minimum atomic E-state index is 0.332. The van der Waals surface area contributed by atoms with Crippen LogP contribution in [0.5, 0.6) is 11.5 Å². The van der Waals surface area contributed by atoms with Crippen LogP contribution in [0.4, 0.5) is 0 Å². The molecule has 144 valence electrons. The van der Waals surface area contributed by atoms with E-state index in [1.165, 1.54) is 11.1 Å². The van der Waals surface area contributed by atoms with Crippen molar-refractivity contribution in [1.82, 2.24) is 19.6 Å². The lowest BCUT2D eigenvalue weighted by molar-refractivity contribution is 0.122. The number of fused-ring (bicyclic) bond motifs is 1. The lowest BCUT2D eigenvalue weighted by Gasteiger charge is -2.34. The monoisotopic (exact) mass is 376 g/mol. The topological polar surface area (TPSA) is 42.8 Å². The quantitative estimate of drug-likeness (QED) is 0.685. The molecule has 1 aromatic heterocycles. The molecule has 6 nitrogen and oxygen atoms in total. The molecule has 2 aromatic carbocycles. The molecular formula is C22H24N4O2.